The van der Waals surface area contributed by atoms with Gasteiger partial charge in [-0.25, -0.2) is 4.79 Å². The zero-order valence-electron chi connectivity index (χ0n) is 15.2. The molecule has 0 unspecified atom stereocenters. The van der Waals surface area contributed by atoms with E-state index in [4.69, 9.17) is 9.47 Å². The van der Waals surface area contributed by atoms with Gasteiger partial charge in [0.05, 0.1) is 26.3 Å². The first-order chi connectivity index (χ1) is 13.2. The van der Waals surface area contributed by atoms with Crippen molar-refractivity contribution in [2.24, 2.45) is 0 Å². The third-order valence-electron chi connectivity index (χ3n) is 5.41. The van der Waals surface area contributed by atoms with E-state index >= 15 is 0 Å². The second kappa shape index (κ2) is 7.68. The van der Waals surface area contributed by atoms with Crippen LogP contribution in [0.2, 0.25) is 0 Å². The van der Waals surface area contributed by atoms with E-state index in [-0.39, 0.29) is 0 Å². The topological polar surface area (TPSA) is 63.4 Å². The maximum Gasteiger partial charge on any atom is 0.413 e. The number of hydrogen-bond donors (Lipinski definition) is 2. The first-order valence-corrected chi connectivity index (χ1v) is 9.42. The van der Waals surface area contributed by atoms with Crippen molar-refractivity contribution in [3.05, 3.63) is 71.8 Å². The van der Waals surface area contributed by atoms with Crippen LogP contribution in [-0.2, 0) is 15.2 Å². The molecule has 0 bridgehead atoms. The molecule has 2 aliphatic rings. The van der Waals surface area contributed by atoms with Gasteiger partial charge in [-0.2, -0.15) is 0 Å². The zero-order valence-corrected chi connectivity index (χ0v) is 15.2. The molecule has 2 fully saturated rings. The Morgan fingerprint density at radius 2 is 1.67 bits per heavy atom. The Bertz CT molecular complexity index is 764. The van der Waals surface area contributed by atoms with Gasteiger partial charge in [0.25, 0.3) is 0 Å². The van der Waals surface area contributed by atoms with Crippen LogP contribution in [0.1, 0.15) is 17.2 Å². The number of nitrogens with zero attached hydrogens (tertiary/aromatic N) is 1. The third kappa shape index (κ3) is 3.43. The number of rotatable bonds is 5. The quantitative estimate of drug-likeness (QED) is 0.824. The SMILES string of the molecule is O=C1O[C@@H](c2ccccc2)[C@@](O)(c2ccccc2)N1CC[NH+]1CCOCC1. The summed E-state index contributed by atoms with van der Waals surface area (Å²) in [4.78, 5) is 15.6. The molecule has 27 heavy (non-hydrogen) atoms. The fourth-order valence-corrected chi connectivity index (χ4v) is 3.89. The van der Waals surface area contributed by atoms with Crippen molar-refractivity contribution >= 4 is 6.09 Å². The average Bonchev–Trinajstić information content (AvgIpc) is 2.99. The highest BCUT2D eigenvalue weighted by Gasteiger charge is 2.56. The Labute approximate surface area is 158 Å². The molecule has 142 valence electrons. The van der Waals surface area contributed by atoms with Crippen LogP contribution in [0.3, 0.4) is 0 Å². The minimum atomic E-state index is -1.54. The number of hydrogen-bond acceptors (Lipinski definition) is 4. The van der Waals surface area contributed by atoms with E-state index in [2.05, 4.69) is 0 Å². The van der Waals surface area contributed by atoms with Gasteiger partial charge >= 0.3 is 6.09 Å². The van der Waals surface area contributed by atoms with Crippen molar-refractivity contribution in [1.82, 2.24) is 4.90 Å². The van der Waals surface area contributed by atoms with Gasteiger partial charge in [-0.3, -0.25) is 4.90 Å². The molecule has 6 heteroatoms. The summed E-state index contributed by atoms with van der Waals surface area (Å²) in [6, 6.07) is 18.7. The standard InChI is InChI=1S/C21H24N2O4/c24-20-23(12-11-22-13-15-26-16-14-22)21(25,18-9-5-2-6-10-18)19(27-20)17-7-3-1-4-8-17/h1-10,19,25H,11-16H2/p+1/t19-,21-/m0/s1. The van der Waals surface area contributed by atoms with E-state index in [0.29, 0.717) is 12.1 Å². The Kier molecular flexibility index (Phi) is 5.11. The summed E-state index contributed by atoms with van der Waals surface area (Å²) in [5.41, 5.74) is -0.106. The highest BCUT2D eigenvalue weighted by Crippen LogP contribution is 2.46. The lowest BCUT2D eigenvalue weighted by Crippen LogP contribution is -3.14. The van der Waals surface area contributed by atoms with Crippen LogP contribution in [0.15, 0.2) is 60.7 Å². The lowest BCUT2D eigenvalue weighted by Gasteiger charge is -2.35. The molecule has 0 aliphatic carbocycles. The third-order valence-corrected chi connectivity index (χ3v) is 5.41. The molecule has 2 aliphatic heterocycles. The molecule has 2 atom stereocenters. The number of carbonyl (C=O) groups is 1. The second-order valence-electron chi connectivity index (χ2n) is 7.03. The van der Waals surface area contributed by atoms with E-state index < -0.39 is 17.9 Å². The van der Waals surface area contributed by atoms with Crippen LogP contribution < -0.4 is 4.90 Å². The number of aliphatic hydroxyl groups is 1. The van der Waals surface area contributed by atoms with Gasteiger partial charge in [-0.05, 0) is 5.56 Å². The first-order valence-electron chi connectivity index (χ1n) is 9.42. The number of amides is 1. The largest absolute Gasteiger partial charge is 0.436 e. The van der Waals surface area contributed by atoms with E-state index in [1.54, 1.807) is 0 Å². The number of nitrogens with one attached hydrogen (secondary N) is 1. The van der Waals surface area contributed by atoms with Gasteiger partial charge in [0.1, 0.15) is 13.1 Å². The van der Waals surface area contributed by atoms with Gasteiger partial charge in [0, 0.05) is 5.56 Å². The molecule has 0 saturated carbocycles. The number of carbonyl (C=O) groups excluding carboxylic acids is 1. The van der Waals surface area contributed by atoms with Crippen molar-refractivity contribution in [2.45, 2.75) is 11.8 Å². The van der Waals surface area contributed by atoms with Gasteiger partial charge in [-0.15, -0.1) is 0 Å². The maximum absolute atomic E-state index is 12.7. The smallest absolute Gasteiger partial charge is 0.413 e. The predicted molar refractivity (Wildman–Crippen MR) is 99.1 cm³/mol. The molecular formula is C21H25N2O4+. The Balaban J connectivity index is 1.65. The Morgan fingerprint density at radius 3 is 2.33 bits per heavy atom. The lowest BCUT2D eigenvalue weighted by atomic mass is 9.91. The molecular weight excluding hydrogens is 344 g/mol. The van der Waals surface area contributed by atoms with E-state index in [0.717, 1.165) is 38.4 Å². The minimum Gasteiger partial charge on any atom is -0.436 e. The van der Waals surface area contributed by atoms with Crippen molar-refractivity contribution in [2.75, 3.05) is 39.4 Å². The normalized spacial score (nSPS) is 26.2. The van der Waals surface area contributed by atoms with Crippen molar-refractivity contribution in [3.63, 3.8) is 0 Å². The first kappa shape index (κ1) is 18.0. The van der Waals surface area contributed by atoms with Crippen LogP contribution in [0.25, 0.3) is 0 Å². The molecule has 4 rings (SSSR count). The fourth-order valence-electron chi connectivity index (χ4n) is 3.89. The molecule has 2 aromatic rings. The molecule has 6 nitrogen and oxygen atoms in total. The second-order valence-corrected chi connectivity index (χ2v) is 7.03. The monoisotopic (exact) mass is 369 g/mol. The van der Waals surface area contributed by atoms with Gasteiger partial charge in [0.2, 0.25) is 5.72 Å². The number of quaternary nitrogens is 1. The zero-order chi connectivity index (χ0) is 18.7. The summed E-state index contributed by atoms with van der Waals surface area (Å²) in [6.07, 6.45) is -1.25. The molecule has 0 spiro atoms. The lowest BCUT2D eigenvalue weighted by molar-refractivity contribution is -0.907. The van der Waals surface area contributed by atoms with Crippen LogP contribution in [0.5, 0.6) is 0 Å². The highest BCUT2D eigenvalue weighted by molar-refractivity contribution is 5.72. The van der Waals surface area contributed by atoms with Crippen molar-refractivity contribution in [3.8, 4) is 0 Å². The minimum absolute atomic E-state index is 0.420. The summed E-state index contributed by atoms with van der Waals surface area (Å²) in [5.74, 6) is 0. The number of cyclic esters (lactones) is 1. The van der Waals surface area contributed by atoms with Gasteiger partial charge in [0.15, 0.2) is 6.10 Å². The average molecular weight is 369 g/mol. The summed E-state index contributed by atoms with van der Waals surface area (Å²) >= 11 is 0. The molecule has 2 N–H and O–H groups in total. The molecule has 2 heterocycles. The van der Waals surface area contributed by atoms with E-state index in [1.165, 1.54) is 9.80 Å². The van der Waals surface area contributed by atoms with Gasteiger partial charge in [-0.1, -0.05) is 60.7 Å². The van der Waals surface area contributed by atoms with Crippen molar-refractivity contribution in [1.29, 1.82) is 0 Å². The van der Waals surface area contributed by atoms with Gasteiger partial charge < -0.3 is 19.5 Å². The van der Waals surface area contributed by atoms with Crippen LogP contribution in [0.4, 0.5) is 4.79 Å². The van der Waals surface area contributed by atoms with E-state index in [1.807, 2.05) is 60.7 Å². The van der Waals surface area contributed by atoms with Crippen LogP contribution in [-0.4, -0.2) is 55.5 Å². The summed E-state index contributed by atoms with van der Waals surface area (Å²) < 4.78 is 11.1. The van der Waals surface area contributed by atoms with Crippen molar-refractivity contribution < 1.29 is 24.3 Å². The number of benzene rings is 2. The van der Waals surface area contributed by atoms with Crippen LogP contribution in [0, 0.1) is 0 Å². The maximum atomic E-state index is 12.7. The summed E-state index contributed by atoms with van der Waals surface area (Å²) in [6.45, 7) is 4.45. The Hall–Kier alpha value is -2.41. The molecule has 2 aromatic carbocycles. The summed E-state index contributed by atoms with van der Waals surface area (Å²) in [5, 5.41) is 11.8. The van der Waals surface area contributed by atoms with Crippen LogP contribution >= 0.6 is 0 Å². The molecule has 1 amide bonds. The number of ether oxygens (including phenoxy) is 2. The molecule has 2 saturated heterocycles. The summed E-state index contributed by atoms with van der Waals surface area (Å²) in [7, 11) is 0. The Morgan fingerprint density at radius 1 is 1.04 bits per heavy atom. The molecule has 0 aromatic heterocycles. The number of morpholine rings is 1. The van der Waals surface area contributed by atoms with E-state index in [9.17, 15) is 9.90 Å². The predicted octanol–water partition coefficient (Wildman–Crippen LogP) is 0.940. The molecule has 0 radical (unpaired) electrons. The fraction of sp³-hybridized carbons (Fsp3) is 0.381. The highest BCUT2D eigenvalue weighted by atomic mass is 16.6.